The Hall–Kier alpha value is -3.17. The number of nitrogens with zero attached hydrogens (tertiary/aromatic N) is 2. The number of hydrogen-bond acceptors (Lipinski definition) is 8. The molecular formula is C27H29N3O6. The molecule has 4 heterocycles. The van der Waals surface area contributed by atoms with E-state index in [0.717, 1.165) is 42.7 Å². The molecule has 9 heteroatoms. The van der Waals surface area contributed by atoms with Crippen LogP contribution in [0, 0.1) is 27.9 Å². The van der Waals surface area contributed by atoms with Crippen molar-refractivity contribution in [3.8, 4) is 5.75 Å². The van der Waals surface area contributed by atoms with Crippen molar-refractivity contribution >= 4 is 17.3 Å². The standard InChI is InChI=1S/C27H29N3O6/c1-35-25(32)24-17-13-23-27-26(18-4-2-3-5-20(18)28-27,10-11-29(23)14-15(17)6-8-21(24)31)19-12-16(30(33)34)7-9-22(19)36-27/h2-5,7,9,12,15,17,21,23-24,28,31H,6,8,10-11,13-14H2,1H3/t15-,17-,21-,23-,24+,26+,27-/m0/s1. The van der Waals surface area contributed by atoms with Crippen LogP contribution >= 0.6 is 0 Å². The number of ether oxygens (including phenoxy) is 2. The maximum atomic E-state index is 12.8. The minimum Gasteiger partial charge on any atom is -0.469 e. The number of carbonyl (C=O) groups is 1. The molecule has 0 spiro atoms. The van der Waals surface area contributed by atoms with Crippen molar-refractivity contribution in [2.75, 3.05) is 25.5 Å². The molecule has 0 unspecified atom stereocenters. The number of nitro groups is 1. The first-order valence-electron chi connectivity index (χ1n) is 12.7. The number of rotatable bonds is 2. The Kier molecular flexibility index (Phi) is 4.55. The molecule has 3 fully saturated rings. The Bertz CT molecular complexity index is 1280. The van der Waals surface area contributed by atoms with Crippen molar-refractivity contribution in [2.45, 2.75) is 49.0 Å². The molecule has 1 aliphatic carbocycles. The molecule has 36 heavy (non-hydrogen) atoms. The van der Waals surface area contributed by atoms with E-state index in [1.807, 2.05) is 18.2 Å². The number of aliphatic hydroxyl groups excluding tert-OH is 1. The van der Waals surface area contributed by atoms with Gasteiger partial charge in [-0.05, 0) is 55.2 Å². The molecule has 9 nitrogen and oxygen atoms in total. The summed E-state index contributed by atoms with van der Waals surface area (Å²) in [7, 11) is 1.39. The highest BCUT2D eigenvalue weighted by molar-refractivity contribution is 5.75. The highest BCUT2D eigenvalue weighted by Gasteiger charge is 2.73. The third kappa shape index (κ3) is 2.59. The Morgan fingerprint density at radius 2 is 2.08 bits per heavy atom. The first-order valence-corrected chi connectivity index (χ1v) is 12.7. The first-order chi connectivity index (χ1) is 17.4. The van der Waals surface area contributed by atoms with Gasteiger partial charge in [0.2, 0.25) is 5.72 Å². The van der Waals surface area contributed by atoms with Crippen LogP contribution in [0.1, 0.15) is 36.8 Å². The summed E-state index contributed by atoms with van der Waals surface area (Å²) >= 11 is 0. The van der Waals surface area contributed by atoms with Crippen molar-refractivity contribution < 1.29 is 24.3 Å². The molecule has 0 aromatic heterocycles. The molecule has 2 saturated heterocycles. The second kappa shape index (κ2) is 7.43. The van der Waals surface area contributed by atoms with E-state index in [1.165, 1.54) is 13.2 Å². The van der Waals surface area contributed by atoms with E-state index >= 15 is 0 Å². The molecule has 0 amide bonds. The van der Waals surface area contributed by atoms with Gasteiger partial charge in [0.25, 0.3) is 5.69 Å². The summed E-state index contributed by atoms with van der Waals surface area (Å²) < 4.78 is 12.0. The largest absolute Gasteiger partial charge is 0.469 e. The summed E-state index contributed by atoms with van der Waals surface area (Å²) in [5, 5.41) is 26.3. The molecule has 188 valence electrons. The van der Waals surface area contributed by atoms with Crippen LogP contribution < -0.4 is 10.1 Å². The van der Waals surface area contributed by atoms with Gasteiger partial charge in [-0.25, -0.2) is 0 Å². The summed E-state index contributed by atoms with van der Waals surface area (Å²) in [5.41, 5.74) is 1.53. The van der Waals surface area contributed by atoms with E-state index in [9.17, 15) is 20.0 Å². The van der Waals surface area contributed by atoms with E-state index in [4.69, 9.17) is 9.47 Å². The van der Waals surface area contributed by atoms with E-state index in [1.54, 1.807) is 12.1 Å². The quantitative estimate of drug-likeness (QED) is 0.374. The van der Waals surface area contributed by atoms with Crippen LogP contribution in [0.3, 0.4) is 0 Å². The van der Waals surface area contributed by atoms with Gasteiger partial charge in [-0.15, -0.1) is 0 Å². The lowest BCUT2D eigenvalue weighted by molar-refractivity contribution is -0.384. The van der Waals surface area contributed by atoms with Crippen LogP contribution in [0.5, 0.6) is 5.75 Å². The summed E-state index contributed by atoms with van der Waals surface area (Å²) in [4.78, 5) is 26.6. The third-order valence-electron chi connectivity index (χ3n) is 9.68. The Balaban J connectivity index is 1.38. The molecule has 0 radical (unpaired) electrons. The van der Waals surface area contributed by atoms with Crippen LogP contribution in [-0.4, -0.2) is 59.0 Å². The minimum absolute atomic E-state index is 0.0280. The molecule has 2 N–H and O–H groups in total. The smallest absolute Gasteiger partial charge is 0.311 e. The number of nitro benzene ring substituents is 1. The van der Waals surface area contributed by atoms with E-state index in [-0.39, 0.29) is 28.5 Å². The van der Waals surface area contributed by atoms with Gasteiger partial charge in [0.15, 0.2) is 0 Å². The average Bonchev–Trinajstić information content (AvgIpc) is 3.34. The number of anilines is 1. The highest BCUT2D eigenvalue weighted by atomic mass is 16.6. The number of carbonyl (C=O) groups excluding carboxylic acids is 1. The van der Waals surface area contributed by atoms with Gasteiger partial charge in [0.1, 0.15) is 5.75 Å². The van der Waals surface area contributed by atoms with Gasteiger partial charge in [-0.2, -0.15) is 0 Å². The van der Waals surface area contributed by atoms with Gasteiger partial charge >= 0.3 is 5.97 Å². The molecule has 0 bridgehead atoms. The third-order valence-corrected chi connectivity index (χ3v) is 9.68. The zero-order valence-corrected chi connectivity index (χ0v) is 20.1. The molecule has 7 rings (SSSR count). The predicted molar refractivity (Wildman–Crippen MR) is 130 cm³/mol. The van der Waals surface area contributed by atoms with Crippen LogP contribution in [-0.2, 0) is 14.9 Å². The number of benzene rings is 2. The lowest BCUT2D eigenvalue weighted by atomic mass is 9.58. The van der Waals surface area contributed by atoms with Crippen molar-refractivity contribution in [3.63, 3.8) is 0 Å². The SMILES string of the molecule is COC(=O)[C@@H]1[C@H]2C[C@@H]3N(CC[C@]45c6ccccc6N[C@]34Oc3ccc([N+](=O)[O-])cc35)C[C@@H]2CC[C@@H]1O. The van der Waals surface area contributed by atoms with Gasteiger partial charge < -0.3 is 19.9 Å². The fraction of sp³-hybridized carbons (Fsp3) is 0.519. The Labute approximate surface area is 208 Å². The first kappa shape index (κ1) is 22.1. The van der Waals surface area contributed by atoms with Gasteiger partial charge in [0.05, 0.1) is 35.5 Å². The zero-order valence-electron chi connectivity index (χ0n) is 20.1. The number of nitrogens with one attached hydrogen (secondary N) is 1. The lowest BCUT2D eigenvalue weighted by Gasteiger charge is -2.59. The number of non-ortho nitro benzene ring substituents is 1. The highest BCUT2D eigenvalue weighted by Crippen LogP contribution is 2.66. The van der Waals surface area contributed by atoms with Crippen LogP contribution in [0.15, 0.2) is 42.5 Å². The molecule has 1 saturated carbocycles. The number of hydrogen-bond donors (Lipinski definition) is 2. The maximum Gasteiger partial charge on any atom is 0.311 e. The van der Waals surface area contributed by atoms with Crippen LogP contribution in [0.2, 0.25) is 0 Å². The van der Waals surface area contributed by atoms with E-state index in [2.05, 4.69) is 16.3 Å². The Morgan fingerprint density at radius 1 is 1.25 bits per heavy atom. The maximum absolute atomic E-state index is 12.8. The van der Waals surface area contributed by atoms with Crippen molar-refractivity contribution in [1.82, 2.24) is 4.90 Å². The second-order valence-corrected chi connectivity index (χ2v) is 11.0. The molecule has 4 aliphatic heterocycles. The van der Waals surface area contributed by atoms with Crippen molar-refractivity contribution in [3.05, 3.63) is 63.7 Å². The number of methoxy groups -OCH3 is 1. The molecule has 7 atom stereocenters. The number of para-hydroxylation sites is 1. The Morgan fingerprint density at radius 3 is 2.89 bits per heavy atom. The minimum atomic E-state index is -0.861. The van der Waals surface area contributed by atoms with E-state index in [0.29, 0.717) is 24.5 Å². The van der Waals surface area contributed by atoms with Gasteiger partial charge in [-0.3, -0.25) is 19.8 Å². The van der Waals surface area contributed by atoms with Gasteiger partial charge in [0, 0.05) is 36.5 Å². The van der Waals surface area contributed by atoms with Crippen LogP contribution in [0.25, 0.3) is 0 Å². The van der Waals surface area contributed by atoms with E-state index < -0.39 is 23.2 Å². The number of fused-ring (bicyclic) bond motifs is 4. The normalized spacial score (nSPS) is 37.7. The van der Waals surface area contributed by atoms with Crippen molar-refractivity contribution in [1.29, 1.82) is 0 Å². The molecule has 5 aliphatic rings. The number of esters is 1. The number of aliphatic hydroxyl groups is 1. The predicted octanol–water partition coefficient (Wildman–Crippen LogP) is 3.05. The fourth-order valence-electron chi connectivity index (χ4n) is 8.25. The second-order valence-electron chi connectivity index (χ2n) is 11.0. The van der Waals surface area contributed by atoms with Gasteiger partial charge in [-0.1, -0.05) is 18.2 Å². The summed E-state index contributed by atoms with van der Waals surface area (Å²) in [6.07, 6.45) is 2.20. The summed E-state index contributed by atoms with van der Waals surface area (Å²) in [5.74, 6) is 0.0299. The van der Waals surface area contributed by atoms with Crippen LogP contribution in [0.4, 0.5) is 11.4 Å². The molecule has 2 aromatic rings. The lowest BCUT2D eigenvalue weighted by Crippen LogP contribution is -2.73. The monoisotopic (exact) mass is 491 g/mol. The number of piperidine rings is 2. The summed E-state index contributed by atoms with van der Waals surface area (Å²) in [6.45, 7) is 1.65. The van der Waals surface area contributed by atoms with Crippen molar-refractivity contribution in [2.24, 2.45) is 17.8 Å². The zero-order chi connectivity index (χ0) is 24.8. The molecule has 2 aromatic carbocycles. The fourth-order valence-corrected chi connectivity index (χ4v) is 8.25. The average molecular weight is 492 g/mol. The molecular weight excluding hydrogens is 462 g/mol. The topological polar surface area (TPSA) is 114 Å². The summed E-state index contributed by atoms with van der Waals surface area (Å²) in [6, 6.07) is 13.0.